The van der Waals surface area contributed by atoms with Crippen LogP contribution in [-0.2, 0) is 54.3 Å². The molecule has 3 rings (SSSR count). The summed E-state index contributed by atoms with van der Waals surface area (Å²) in [6.45, 7) is 12.7. The Kier molecular flexibility index (Phi) is 13.0. The number of aromatic nitrogens is 2. The van der Waals surface area contributed by atoms with E-state index in [9.17, 15) is 33.6 Å². The fourth-order valence-corrected chi connectivity index (χ4v) is 4.92. The second-order valence-electron chi connectivity index (χ2n) is 14.2. The zero-order valence-corrected chi connectivity index (χ0v) is 30.0. The predicted molar refractivity (Wildman–Crippen MR) is 171 cm³/mol. The normalized spacial score (nSPS) is 22.8. The number of hydrogen-bond acceptors (Lipinski definition) is 13. The quantitative estimate of drug-likeness (QED) is 0.241. The molecule has 50 heavy (non-hydrogen) atoms. The van der Waals surface area contributed by atoms with Crippen LogP contribution in [0.25, 0.3) is 0 Å². The highest BCUT2D eigenvalue weighted by molar-refractivity contribution is 5.74. The molecule has 2 aliphatic heterocycles. The maximum Gasteiger partial charge on any atom is 0.410 e. The van der Waals surface area contributed by atoms with Crippen molar-refractivity contribution in [1.82, 2.24) is 14.0 Å². The summed E-state index contributed by atoms with van der Waals surface area (Å²) < 4.78 is 50.4. The SMILES string of the molecule is CC(C)C(=O)OC[C@@]1(F)O[C@@H](n2ccc(=O)n(COC(=O)C3CCN(C(=O)OC(C)(C)C)CC3)c2=O)[C@H](OC(=O)C(C)C)[C@@H]1OC(=O)C(C)C. The van der Waals surface area contributed by atoms with E-state index >= 15 is 4.39 Å². The van der Waals surface area contributed by atoms with Crippen LogP contribution in [0.2, 0.25) is 0 Å². The van der Waals surface area contributed by atoms with Gasteiger partial charge >= 0.3 is 35.7 Å². The number of esters is 4. The summed E-state index contributed by atoms with van der Waals surface area (Å²) in [5, 5.41) is 0. The van der Waals surface area contributed by atoms with Crippen molar-refractivity contribution >= 4 is 30.0 Å². The smallest absolute Gasteiger partial charge is 0.410 e. The Hall–Kier alpha value is -4.28. The lowest BCUT2D eigenvalue weighted by atomic mass is 9.97. The van der Waals surface area contributed by atoms with E-state index in [0.29, 0.717) is 4.57 Å². The van der Waals surface area contributed by atoms with Crippen molar-refractivity contribution in [3.8, 4) is 0 Å². The highest BCUT2D eigenvalue weighted by Gasteiger charge is 2.62. The lowest BCUT2D eigenvalue weighted by Crippen LogP contribution is -2.49. The van der Waals surface area contributed by atoms with E-state index in [1.165, 1.54) is 46.4 Å². The average molecular weight is 714 g/mol. The van der Waals surface area contributed by atoms with E-state index in [2.05, 4.69) is 0 Å². The number of halogens is 1. The highest BCUT2D eigenvalue weighted by Crippen LogP contribution is 2.42. The molecule has 3 heterocycles. The summed E-state index contributed by atoms with van der Waals surface area (Å²) in [5.41, 5.74) is -2.71. The molecule has 16 nitrogen and oxygen atoms in total. The number of carbonyl (C=O) groups excluding carboxylic acids is 5. The second kappa shape index (κ2) is 16.2. The zero-order chi connectivity index (χ0) is 37.7. The number of carbonyl (C=O) groups is 5. The van der Waals surface area contributed by atoms with Crippen LogP contribution in [0.5, 0.6) is 0 Å². The molecule has 0 aliphatic carbocycles. The number of rotatable bonds is 11. The van der Waals surface area contributed by atoms with E-state index in [1.807, 2.05) is 0 Å². The van der Waals surface area contributed by atoms with Crippen LogP contribution in [0.4, 0.5) is 9.18 Å². The molecule has 0 saturated carbocycles. The fourth-order valence-electron chi connectivity index (χ4n) is 4.92. The summed E-state index contributed by atoms with van der Waals surface area (Å²) in [6, 6.07) is 0.922. The molecule has 1 aromatic rings. The third-order valence-corrected chi connectivity index (χ3v) is 7.83. The van der Waals surface area contributed by atoms with Crippen molar-refractivity contribution in [3.63, 3.8) is 0 Å². The molecule has 1 aromatic heterocycles. The molecular formula is C33H48FN3O13. The first-order valence-electron chi connectivity index (χ1n) is 16.6. The standard InChI is InChI=1S/C33H48FN3O13/c1-18(2)26(39)45-16-33(34)24(48-28(41)20(5)6)23(47-27(40)19(3)4)25(49-33)36-15-12-22(38)37(30(36)43)17-46-29(42)21-10-13-35(14-11-21)31(44)50-32(7,8)9/h12,15,18-21,23-25H,10-11,13-14,16-17H2,1-9H3/t23-,24+,25-,33-/m1/s1. The number of ether oxygens (including phenoxy) is 6. The van der Waals surface area contributed by atoms with Crippen LogP contribution in [0.3, 0.4) is 0 Å². The molecule has 0 N–H and O–H groups in total. The Bertz CT molecular complexity index is 1540. The van der Waals surface area contributed by atoms with Crippen molar-refractivity contribution < 1.29 is 56.8 Å². The van der Waals surface area contributed by atoms with E-state index in [1.54, 1.807) is 20.8 Å². The summed E-state index contributed by atoms with van der Waals surface area (Å²) >= 11 is 0. The van der Waals surface area contributed by atoms with Crippen LogP contribution < -0.4 is 11.2 Å². The molecule has 0 bridgehead atoms. The predicted octanol–water partition coefficient (Wildman–Crippen LogP) is 2.69. The molecule has 2 saturated heterocycles. The summed E-state index contributed by atoms with van der Waals surface area (Å²) in [4.78, 5) is 91.1. The van der Waals surface area contributed by atoms with Gasteiger partial charge in [0.1, 0.15) is 5.60 Å². The van der Waals surface area contributed by atoms with Gasteiger partial charge < -0.3 is 33.3 Å². The Morgan fingerprint density at radius 1 is 0.900 bits per heavy atom. The lowest BCUT2D eigenvalue weighted by molar-refractivity contribution is -0.226. The van der Waals surface area contributed by atoms with Gasteiger partial charge in [-0.2, -0.15) is 0 Å². The third kappa shape index (κ3) is 9.91. The number of amides is 1. The summed E-state index contributed by atoms with van der Waals surface area (Å²) in [7, 11) is 0. The van der Waals surface area contributed by atoms with Gasteiger partial charge in [0, 0.05) is 25.4 Å². The molecule has 0 unspecified atom stereocenters. The van der Waals surface area contributed by atoms with Gasteiger partial charge in [-0.15, -0.1) is 0 Å². The summed E-state index contributed by atoms with van der Waals surface area (Å²) in [5.74, 6) is -9.18. The van der Waals surface area contributed by atoms with Crippen molar-refractivity contribution in [2.75, 3.05) is 19.7 Å². The first-order chi connectivity index (χ1) is 23.1. The van der Waals surface area contributed by atoms with Gasteiger partial charge in [-0.25, -0.2) is 18.5 Å². The fraction of sp³-hybridized carbons (Fsp3) is 0.727. The molecule has 2 fully saturated rings. The largest absolute Gasteiger partial charge is 0.459 e. The number of likely N-dealkylation sites (tertiary alicyclic amines) is 1. The van der Waals surface area contributed by atoms with Crippen LogP contribution in [-0.4, -0.2) is 87.4 Å². The topological polar surface area (TPSA) is 188 Å². The Balaban J connectivity index is 1.90. The average Bonchev–Trinajstić information content (AvgIpc) is 3.28. The van der Waals surface area contributed by atoms with Crippen LogP contribution in [0, 0.1) is 23.7 Å². The molecule has 0 radical (unpaired) electrons. The third-order valence-electron chi connectivity index (χ3n) is 7.83. The van der Waals surface area contributed by atoms with Gasteiger partial charge in [-0.05, 0) is 33.6 Å². The summed E-state index contributed by atoms with van der Waals surface area (Å²) in [6.07, 6.45) is -4.69. The maximum absolute atomic E-state index is 16.7. The number of alkyl halides is 1. The Morgan fingerprint density at radius 3 is 2.00 bits per heavy atom. The van der Waals surface area contributed by atoms with E-state index in [-0.39, 0.29) is 25.9 Å². The first-order valence-corrected chi connectivity index (χ1v) is 16.6. The molecule has 17 heteroatoms. The Labute approximate surface area is 289 Å². The van der Waals surface area contributed by atoms with Gasteiger partial charge in [0.15, 0.2) is 25.7 Å². The van der Waals surface area contributed by atoms with Crippen molar-refractivity contribution in [2.45, 2.75) is 112 Å². The molecule has 4 atom stereocenters. The van der Waals surface area contributed by atoms with E-state index in [4.69, 9.17) is 28.4 Å². The molecule has 0 spiro atoms. The molecule has 2 aliphatic rings. The van der Waals surface area contributed by atoms with E-state index < -0.39 is 108 Å². The van der Waals surface area contributed by atoms with Crippen LogP contribution >= 0.6 is 0 Å². The zero-order valence-electron chi connectivity index (χ0n) is 30.0. The number of hydrogen-bond donors (Lipinski definition) is 0. The van der Waals surface area contributed by atoms with E-state index in [0.717, 1.165) is 16.8 Å². The minimum atomic E-state index is -3.11. The Morgan fingerprint density at radius 2 is 1.46 bits per heavy atom. The van der Waals surface area contributed by atoms with Crippen molar-refractivity contribution in [1.29, 1.82) is 0 Å². The van der Waals surface area contributed by atoms with Crippen LogP contribution in [0.15, 0.2) is 21.9 Å². The minimum Gasteiger partial charge on any atom is -0.459 e. The van der Waals surface area contributed by atoms with Gasteiger partial charge in [0.2, 0.25) is 6.10 Å². The minimum absolute atomic E-state index is 0.224. The number of piperidine rings is 1. The second-order valence-corrected chi connectivity index (χ2v) is 14.2. The number of nitrogens with zero attached hydrogens (tertiary/aromatic N) is 3. The molecule has 280 valence electrons. The molecule has 0 aromatic carbocycles. The maximum atomic E-state index is 16.7. The highest BCUT2D eigenvalue weighted by atomic mass is 19.2. The van der Waals surface area contributed by atoms with Gasteiger partial charge in [-0.3, -0.25) is 28.5 Å². The lowest BCUT2D eigenvalue weighted by Gasteiger charge is -2.32. The molecular weight excluding hydrogens is 665 g/mol. The van der Waals surface area contributed by atoms with Gasteiger partial charge in [0.05, 0.1) is 23.7 Å². The monoisotopic (exact) mass is 713 g/mol. The van der Waals surface area contributed by atoms with Gasteiger partial charge in [0.25, 0.3) is 11.4 Å². The first kappa shape index (κ1) is 40.2. The van der Waals surface area contributed by atoms with Gasteiger partial charge in [-0.1, -0.05) is 41.5 Å². The van der Waals surface area contributed by atoms with Crippen molar-refractivity contribution in [3.05, 3.63) is 33.1 Å². The van der Waals surface area contributed by atoms with Crippen LogP contribution in [0.1, 0.15) is 81.4 Å². The molecule has 1 amide bonds. The van der Waals surface area contributed by atoms with Crippen molar-refractivity contribution in [2.24, 2.45) is 23.7 Å².